The summed E-state index contributed by atoms with van der Waals surface area (Å²) in [6, 6.07) is 10.8. The predicted octanol–water partition coefficient (Wildman–Crippen LogP) is 4.43. The number of aromatic nitrogens is 3. The summed E-state index contributed by atoms with van der Waals surface area (Å²) in [4.78, 5) is 21.3. The van der Waals surface area contributed by atoms with Crippen LogP contribution < -0.4 is 16.1 Å². The number of hydrogen-bond donors (Lipinski definition) is 3. The number of nitrogens with zero attached hydrogens (tertiary/aromatic N) is 3. The lowest BCUT2D eigenvalue weighted by molar-refractivity contribution is 0.0538. The lowest BCUT2D eigenvalue weighted by Gasteiger charge is -2.14. The van der Waals surface area contributed by atoms with Crippen molar-refractivity contribution in [2.24, 2.45) is 0 Å². The van der Waals surface area contributed by atoms with Crippen molar-refractivity contribution in [1.82, 2.24) is 20.2 Å². The van der Waals surface area contributed by atoms with Crippen molar-refractivity contribution in [3.63, 3.8) is 0 Å². The van der Waals surface area contributed by atoms with Crippen LogP contribution in [0.4, 0.5) is 23.0 Å². The van der Waals surface area contributed by atoms with Gasteiger partial charge < -0.3 is 10.6 Å². The molecule has 29 heavy (non-hydrogen) atoms. The molecule has 0 spiro atoms. The lowest BCUT2D eigenvalue weighted by atomic mass is 10.1. The number of rotatable bonds is 8. The van der Waals surface area contributed by atoms with Crippen LogP contribution in [0.3, 0.4) is 0 Å². The van der Waals surface area contributed by atoms with Crippen molar-refractivity contribution in [1.29, 1.82) is 0 Å². The van der Waals surface area contributed by atoms with E-state index in [1.54, 1.807) is 30.5 Å². The number of hydrogen-bond acceptors (Lipinski definition) is 6. The summed E-state index contributed by atoms with van der Waals surface area (Å²) >= 11 is 6.33. The summed E-state index contributed by atoms with van der Waals surface area (Å²) < 4.78 is 1.91. The number of aryl methyl sites for hydroxylation is 2. The van der Waals surface area contributed by atoms with Crippen LogP contribution in [0, 0.1) is 6.92 Å². The number of carbonyl (C=O) groups excluding carboxylic acids is 1. The van der Waals surface area contributed by atoms with Crippen LogP contribution in [-0.2, 0) is 11.4 Å². The third-order valence-electron chi connectivity index (χ3n) is 4.08. The van der Waals surface area contributed by atoms with Gasteiger partial charge in [0.15, 0.2) is 0 Å². The van der Waals surface area contributed by atoms with Gasteiger partial charge in [-0.2, -0.15) is 5.10 Å². The number of halogens is 1. The Morgan fingerprint density at radius 1 is 1.21 bits per heavy atom. The van der Waals surface area contributed by atoms with Gasteiger partial charge in [0.2, 0.25) is 0 Å². The normalized spacial score (nSPS) is 10.6. The Labute approximate surface area is 174 Å². The molecule has 1 aromatic carbocycles. The van der Waals surface area contributed by atoms with E-state index >= 15 is 0 Å². The molecule has 0 bridgehead atoms. The highest BCUT2D eigenvalue weighted by Crippen LogP contribution is 2.30. The van der Waals surface area contributed by atoms with Crippen molar-refractivity contribution >= 4 is 40.5 Å². The van der Waals surface area contributed by atoms with Crippen LogP contribution in [-0.4, -0.2) is 27.8 Å². The van der Waals surface area contributed by atoms with E-state index in [4.69, 9.17) is 16.4 Å². The predicted molar refractivity (Wildman–Crippen MR) is 114 cm³/mol. The quantitative estimate of drug-likeness (QED) is 0.472. The maximum Gasteiger partial charge on any atom is 0.276 e. The van der Waals surface area contributed by atoms with Crippen molar-refractivity contribution in [3.05, 3.63) is 58.9 Å². The summed E-state index contributed by atoms with van der Waals surface area (Å²) in [6.45, 7) is 4.85. The number of nitrogens with one attached hydrogen (secondary N) is 3. The first-order valence-corrected chi connectivity index (χ1v) is 9.56. The third kappa shape index (κ3) is 5.04. The molecule has 3 N–H and O–H groups in total. The number of anilines is 4. The van der Waals surface area contributed by atoms with Gasteiger partial charge in [-0.1, -0.05) is 30.7 Å². The maximum absolute atomic E-state index is 12.2. The standard InChI is InChI=1S/C20H23ClN6O2/c1-4-9-27-19(10-13(2)25-27)24-18-11-17(15(21)12-22-18)23-16-8-6-5-7-14(16)20(28)26-29-3/h5-8,10-12H,4,9H2,1-3H3,(H,26,28)(H2,22,23,24). The topological polar surface area (TPSA) is 93.1 Å². The van der Waals surface area contributed by atoms with Gasteiger partial charge in [-0.3, -0.25) is 9.63 Å². The highest BCUT2D eigenvalue weighted by Gasteiger charge is 2.13. The molecule has 2 heterocycles. The Balaban J connectivity index is 1.87. The van der Waals surface area contributed by atoms with Crippen LogP contribution in [0.5, 0.6) is 0 Å². The number of benzene rings is 1. The number of para-hydroxylation sites is 1. The molecule has 0 saturated heterocycles. The molecule has 0 saturated carbocycles. The van der Waals surface area contributed by atoms with Gasteiger partial charge in [0.25, 0.3) is 5.91 Å². The van der Waals surface area contributed by atoms with E-state index in [-0.39, 0.29) is 5.91 Å². The molecule has 0 atom stereocenters. The maximum atomic E-state index is 12.2. The van der Waals surface area contributed by atoms with E-state index in [1.165, 1.54) is 7.11 Å². The molecular weight excluding hydrogens is 392 g/mol. The Morgan fingerprint density at radius 2 is 2.00 bits per heavy atom. The third-order valence-corrected chi connectivity index (χ3v) is 4.39. The molecule has 3 aromatic rings. The van der Waals surface area contributed by atoms with E-state index < -0.39 is 0 Å². The average molecular weight is 415 g/mol. The van der Waals surface area contributed by atoms with Gasteiger partial charge in [0.05, 0.1) is 41.0 Å². The average Bonchev–Trinajstić information content (AvgIpc) is 3.04. The van der Waals surface area contributed by atoms with Crippen molar-refractivity contribution in [2.45, 2.75) is 26.8 Å². The van der Waals surface area contributed by atoms with Gasteiger partial charge in [-0.15, -0.1) is 0 Å². The van der Waals surface area contributed by atoms with Gasteiger partial charge in [0, 0.05) is 18.7 Å². The van der Waals surface area contributed by atoms with Gasteiger partial charge in [-0.05, 0) is 25.5 Å². The summed E-state index contributed by atoms with van der Waals surface area (Å²) in [6.07, 6.45) is 2.52. The summed E-state index contributed by atoms with van der Waals surface area (Å²) in [7, 11) is 1.39. The van der Waals surface area contributed by atoms with Crippen LogP contribution in [0.1, 0.15) is 29.4 Å². The zero-order chi connectivity index (χ0) is 20.8. The summed E-state index contributed by atoms with van der Waals surface area (Å²) in [5, 5.41) is 11.4. The largest absolute Gasteiger partial charge is 0.353 e. The number of hydroxylamine groups is 1. The van der Waals surface area contributed by atoms with Crippen LogP contribution in [0.15, 0.2) is 42.6 Å². The van der Waals surface area contributed by atoms with Crippen molar-refractivity contribution in [3.8, 4) is 0 Å². The molecule has 1 amide bonds. The van der Waals surface area contributed by atoms with Crippen LogP contribution in [0.2, 0.25) is 5.02 Å². The van der Waals surface area contributed by atoms with Crippen LogP contribution >= 0.6 is 11.6 Å². The molecule has 0 aliphatic rings. The lowest BCUT2D eigenvalue weighted by Crippen LogP contribution is -2.22. The highest BCUT2D eigenvalue weighted by molar-refractivity contribution is 6.33. The number of amides is 1. The minimum absolute atomic E-state index is 0.363. The number of pyridine rings is 1. The first-order valence-electron chi connectivity index (χ1n) is 9.18. The molecule has 0 unspecified atom stereocenters. The fourth-order valence-corrected chi connectivity index (χ4v) is 3.00. The van der Waals surface area contributed by atoms with E-state index in [2.05, 4.69) is 33.1 Å². The molecule has 152 valence electrons. The van der Waals surface area contributed by atoms with Gasteiger partial charge >= 0.3 is 0 Å². The van der Waals surface area contributed by atoms with Crippen molar-refractivity contribution < 1.29 is 9.63 Å². The zero-order valence-electron chi connectivity index (χ0n) is 16.5. The zero-order valence-corrected chi connectivity index (χ0v) is 17.2. The second-order valence-corrected chi connectivity index (χ2v) is 6.78. The number of carbonyl (C=O) groups is 1. The molecule has 0 fully saturated rings. The van der Waals surface area contributed by atoms with Crippen molar-refractivity contribution in [2.75, 3.05) is 17.7 Å². The monoisotopic (exact) mass is 414 g/mol. The first kappa shape index (κ1) is 20.6. The van der Waals surface area contributed by atoms with Gasteiger partial charge in [-0.25, -0.2) is 15.1 Å². The molecular formula is C20H23ClN6O2. The van der Waals surface area contributed by atoms with Crippen LogP contribution in [0.25, 0.3) is 0 Å². The minimum atomic E-state index is -0.363. The van der Waals surface area contributed by atoms with Gasteiger partial charge in [0.1, 0.15) is 11.6 Å². The molecule has 0 aliphatic carbocycles. The fourth-order valence-electron chi connectivity index (χ4n) is 2.85. The molecule has 3 rings (SSSR count). The molecule has 0 radical (unpaired) electrons. The minimum Gasteiger partial charge on any atom is -0.353 e. The summed E-state index contributed by atoms with van der Waals surface area (Å²) in [5.74, 6) is 1.09. The molecule has 2 aromatic heterocycles. The molecule has 0 aliphatic heterocycles. The Morgan fingerprint density at radius 3 is 2.76 bits per heavy atom. The van der Waals surface area contributed by atoms with E-state index in [0.29, 0.717) is 27.8 Å². The Kier molecular flexibility index (Phi) is 6.69. The first-order chi connectivity index (χ1) is 14.0. The van der Waals surface area contributed by atoms with E-state index in [0.717, 1.165) is 24.5 Å². The summed E-state index contributed by atoms with van der Waals surface area (Å²) in [5.41, 5.74) is 4.87. The van der Waals surface area contributed by atoms with E-state index in [9.17, 15) is 4.79 Å². The highest BCUT2D eigenvalue weighted by atomic mass is 35.5. The fraction of sp³-hybridized carbons (Fsp3) is 0.250. The Hall–Kier alpha value is -3.10. The SMILES string of the molecule is CCCn1nc(C)cc1Nc1cc(Nc2ccccc2C(=O)NOC)c(Cl)cn1. The molecule has 9 heteroatoms. The molecule has 8 nitrogen and oxygen atoms in total. The second kappa shape index (κ2) is 9.40. The Bertz CT molecular complexity index is 1000. The van der Waals surface area contributed by atoms with E-state index in [1.807, 2.05) is 23.7 Å². The second-order valence-electron chi connectivity index (χ2n) is 6.37. The smallest absolute Gasteiger partial charge is 0.276 e.